The topological polar surface area (TPSA) is 94.8 Å². The van der Waals surface area contributed by atoms with Crippen LogP contribution in [0.4, 0.5) is 24.8 Å². The Morgan fingerprint density at radius 2 is 1.96 bits per heavy atom. The SMILES string of the molecule is Cc1cc(Nc2nc(C(F)(F)c3ccc(F)cc3)nn3cc(C=N)cc23)n[nH]1. The van der Waals surface area contributed by atoms with Gasteiger partial charge in [-0.2, -0.15) is 13.9 Å². The van der Waals surface area contributed by atoms with Gasteiger partial charge < -0.3 is 10.7 Å². The molecule has 0 saturated carbocycles. The number of aryl methyl sites for hydroxylation is 1. The van der Waals surface area contributed by atoms with Gasteiger partial charge in [-0.15, -0.1) is 5.10 Å². The Morgan fingerprint density at radius 1 is 1.21 bits per heavy atom. The highest BCUT2D eigenvalue weighted by Gasteiger charge is 2.39. The van der Waals surface area contributed by atoms with Crippen molar-refractivity contribution in [3.05, 3.63) is 71.1 Å². The van der Waals surface area contributed by atoms with E-state index in [1.807, 2.05) is 0 Å². The molecule has 142 valence electrons. The maximum atomic E-state index is 15.0. The molecule has 4 aromatic rings. The van der Waals surface area contributed by atoms with Crippen molar-refractivity contribution < 1.29 is 13.2 Å². The molecule has 10 heteroatoms. The molecule has 28 heavy (non-hydrogen) atoms. The zero-order valence-corrected chi connectivity index (χ0v) is 14.5. The molecule has 0 fully saturated rings. The number of aromatic nitrogens is 5. The Balaban J connectivity index is 1.86. The van der Waals surface area contributed by atoms with Gasteiger partial charge in [-0.1, -0.05) is 0 Å². The number of benzene rings is 1. The van der Waals surface area contributed by atoms with Crippen LogP contribution < -0.4 is 5.32 Å². The quantitative estimate of drug-likeness (QED) is 0.456. The molecule has 0 saturated heterocycles. The Bertz CT molecular complexity index is 1160. The van der Waals surface area contributed by atoms with Gasteiger partial charge >= 0.3 is 5.92 Å². The fourth-order valence-electron chi connectivity index (χ4n) is 2.71. The lowest BCUT2D eigenvalue weighted by Crippen LogP contribution is -2.21. The highest BCUT2D eigenvalue weighted by atomic mass is 19.3. The predicted molar refractivity (Wildman–Crippen MR) is 96.9 cm³/mol. The first kappa shape index (κ1) is 17.7. The van der Waals surface area contributed by atoms with Gasteiger partial charge in [-0.05, 0) is 37.3 Å². The summed E-state index contributed by atoms with van der Waals surface area (Å²) < 4.78 is 44.3. The van der Waals surface area contributed by atoms with E-state index in [1.54, 1.807) is 19.1 Å². The van der Waals surface area contributed by atoms with E-state index in [-0.39, 0.29) is 5.82 Å². The number of rotatable bonds is 5. The third-order valence-electron chi connectivity index (χ3n) is 4.09. The van der Waals surface area contributed by atoms with Crippen molar-refractivity contribution in [1.82, 2.24) is 24.8 Å². The molecule has 3 N–H and O–H groups in total. The smallest absolute Gasteiger partial charge is 0.322 e. The Labute approximate surface area is 156 Å². The van der Waals surface area contributed by atoms with E-state index >= 15 is 8.78 Å². The van der Waals surface area contributed by atoms with Crippen LogP contribution >= 0.6 is 0 Å². The zero-order chi connectivity index (χ0) is 19.9. The van der Waals surface area contributed by atoms with E-state index in [0.717, 1.165) is 36.2 Å². The van der Waals surface area contributed by atoms with E-state index in [2.05, 4.69) is 25.6 Å². The molecule has 0 aliphatic rings. The minimum absolute atomic E-state index is 0.103. The van der Waals surface area contributed by atoms with E-state index in [1.165, 1.54) is 10.7 Å². The van der Waals surface area contributed by atoms with Gasteiger partial charge in [-0.25, -0.2) is 13.9 Å². The summed E-state index contributed by atoms with van der Waals surface area (Å²) in [5.41, 5.74) is 1.21. The van der Waals surface area contributed by atoms with Gasteiger partial charge in [0, 0.05) is 35.3 Å². The molecule has 0 aliphatic heterocycles. The standard InChI is InChI=1S/C18H14F3N7/c1-10-6-15(26-25-10)23-16-14-7-11(8-22)9-28(14)27-17(24-16)18(20,21)12-2-4-13(19)5-3-12/h2-9,22H,1H3,(H2,23,24,25,26,27). The number of H-pyrrole nitrogens is 1. The minimum atomic E-state index is -3.56. The largest absolute Gasteiger partial charge is 0.333 e. The Morgan fingerprint density at radius 3 is 2.61 bits per heavy atom. The number of aromatic amines is 1. The van der Waals surface area contributed by atoms with E-state index < -0.39 is 23.1 Å². The second kappa shape index (κ2) is 6.48. The maximum Gasteiger partial charge on any atom is 0.333 e. The van der Waals surface area contributed by atoms with Crippen molar-refractivity contribution >= 4 is 23.4 Å². The van der Waals surface area contributed by atoms with E-state index in [4.69, 9.17) is 5.41 Å². The number of fused-ring (bicyclic) bond motifs is 1. The summed E-state index contributed by atoms with van der Waals surface area (Å²) in [4.78, 5) is 4.01. The molecule has 1 aromatic carbocycles. The van der Waals surface area contributed by atoms with Crippen LogP contribution in [0.15, 0.2) is 42.6 Å². The number of nitrogens with one attached hydrogen (secondary N) is 3. The molecular weight excluding hydrogens is 371 g/mol. The molecule has 3 heterocycles. The average molecular weight is 385 g/mol. The fraction of sp³-hybridized carbons (Fsp3) is 0.111. The van der Waals surface area contributed by atoms with Gasteiger partial charge in [0.2, 0.25) is 5.82 Å². The number of alkyl halides is 2. The molecular formula is C18H14F3N7. The molecule has 0 unspecified atom stereocenters. The number of anilines is 2. The number of hydrogen-bond donors (Lipinski definition) is 3. The van der Waals surface area contributed by atoms with E-state index in [9.17, 15) is 4.39 Å². The number of nitrogens with zero attached hydrogens (tertiary/aromatic N) is 4. The first-order chi connectivity index (χ1) is 13.4. The number of hydrogen-bond acceptors (Lipinski definition) is 5. The third-order valence-corrected chi connectivity index (χ3v) is 4.09. The van der Waals surface area contributed by atoms with Crippen molar-refractivity contribution in [3.8, 4) is 0 Å². The van der Waals surface area contributed by atoms with Crippen LogP contribution in [-0.2, 0) is 5.92 Å². The van der Waals surface area contributed by atoms with Gasteiger partial charge in [0.15, 0.2) is 11.6 Å². The summed E-state index contributed by atoms with van der Waals surface area (Å²) in [6.07, 6.45) is 2.52. The first-order valence-corrected chi connectivity index (χ1v) is 8.21. The van der Waals surface area contributed by atoms with E-state index in [0.29, 0.717) is 16.9 Å². The lowest BCUT2D eigenvalue weighted by molar-refractivity contribution is 0.0315. The van der Waals surface area contributed by atoms with Gasteiger partial charge in [0.05, 0.1) is 0 Å². The molecule has 0 amide bonds. The van der Waals surface area contributed by atoms with Gasteiger partial charge in [0.1, 0.15) is 11.3 Å². The van der Waals surface area contributed by atoms with Crippen LogP contribution in [0.25, 0.3) is 5.52 Å². The Hall–Kier alpha value is -3.69. The second-order valence-corrected chi connectivity index (χ2v) is 6.17. The first-order valence-electron chi connectivity index (χ1n) is 8.21. The predicted octanol–water partition coefficient (Wildman–Crippen LogP) is 3.78. The van der Waals surface area contributed by atoms with Crippen molar-refractivity contribution in [2.45, 2.75) is 12.8 Å². The van der Waals surface area contributed by atoms with Crippen molar-refractivity contribution in [2.75, 3.05) is 5.32 Å². The fourth-order valence-corrected chi connectivity index (χ4v) is 2.71. The molecule has 0 aliphatic carbocycles. The van der Waals surface area contributed by atoms with Crippen LogP contribution in [0.3, 0.4) is 0 Å². The summed E-state index contributed by atoms with van der Waals surface area (Å²) >= 11 is 0. The average Bonchev–Trinajstić information content (AvgIpc) is 3.27. The summed E-state index contributed by atoms with van der Waals surface area (Å²) in [7, 11) is 0. The molecule has 3 aromatic heterocycles. The van der Waals surface area contributed by atoms with Crippen molar-refractivity contribution in [3.63, 3.8) is 0 Å². The number of halogens is 3. The summed E-state index contributed by atoms with van der Waals surface area (Å²) in [6.45, 7) is 1.80. The Kier molecular flexibility index (Phi) is 4.10. The lowest BCUT2D eigenvalue weighted by Gasteiger charge is -2.16. The molecule has 0 spiro atoms. The van der Waals surface area contributed by atoms with Crippen LogP contribution in [0.2, 0.25) is 0 Å². The highest BCUT2D eigenvalue weighted by molar-refractivity contribution is 5.83. The zero-order valence-electron chi connectivity index (χ0n) is 14.5. The maximum absolute atomic E-state index is 15.0. The van der Waals surface area contributed by atoms with Crippen molar-refractivity contribution in [1.29, 1.82) is 5.41 Å². The third kappa shape index (κ3) is 3.08. The molecule has 4 rings (SSSR count). The van der Waals surface area contributed by atoms with Crippen LogP contribution in [0.1, 0.15) is 22.6 Å². The minimum Gasteiger partial charge on any atom is -0.322 e. The van der Waals surface area contributed by atoms with Crippen LogP contribution in [0, 0.1) is 18.2 Å². The van der Waals surface area contributed by atoms with Gasteiger partial charge in [0.25, 0.3) is 0 Å². The molecule has 0 atom stereocenters. The molecule has 0 bridgehead atoms. The van der Waals surface area contributed by atoms with Crippen molar-refractivity contribution in [2.24, 2.45) is 0 Å². The summed E-state index contributed by atoms with van der Waals surface area (Å²) in [6, 6.07) is 7.18. The normalized spacial score (nSPS) is 11.7. The van der Waals surface area contributed by atoms with Crippen LogP contribution in [0.5, 0.6) is 0 Å². The molecule has 7 nitrogen and oxygen atoms in total. The lowest BCUT2D eigenvalue weighted by atomic mass is 10.1. The second-order valence-electron chi connectivity index (χ2n) is 6.17. The van der Waals surface area contributed by atoms with Crippen LogP contribution in [-0.4, -0.2) is 31.0 Å². The summed E-state index contributed by atoms with van der Waals surface area (Å²) in [5.74, 6) is -4.45. The highest BCUT2D eigenvalue weighted by Crippen LogP contribution is 2.35. The van der Waals surface area contributed by atoms with Gasteiger partial charge in [-0.3, -0.25) is 5.10 Å². The molecule has 0 radical (unpaired) electrons. The summed E-state index contributed by atoms with van der Waals surface area (Å²) in [5, 5.41) is 21.0. The monoisotopic (exact) mass is 385 g/mol.